The monoisotopic (exact) mass is 1830 g/mol. The largest absolute Gasteiger partial charge is 0.0648 e. The van der Waals surface area contributed by atoms with Crippen LogP contribution >= 0.6 is 0 Å². The van der Waals surface area contributed by atoms with Crippen molar-refractivity contribution in [3.63, 3.8) is 0 Å². The first-order chi connectivity index (χ1) is 68.1. The SMILES string of the molecule is CC(c1ccccc1)(c1ccccc1)C(C)(c1ccccc1)c1ccccc1.CCC(C)(c1ccccc1)c1ccccc1.CCC(C)(c1ccccc1)c1ccccc1.CC[C@@H](C)c1ccccc1.CC[C@H](C)c1ccccc1.C[C@@H](c1ccccc1)C(C)(c1ccccc1)c1ccccc1.C[C@H](c1ccccc1)C(C)(c1ccccc1)c1ccccc1.C[C@H](c1ccccc1)[C@@H](C)c1ccccc1. The quantitative estimate of drug-likeness (QED) is 0.0507. The highest BCUT2D eigenvalue weighted by molar-refractivity contribution is 5.55. The maximum Gasteiger partial charge on any atom is 0.0309 e. The van der Waals surface area contributed by atoms with Crippen LogP contribution in [0, 0.1) is 0 Å². The van der Waals surface area contributed by atoms with Gasteiger partial charge in [0.1, 0.15) is 0 Å². The van der Waals surface area contributed by atoms with Gasteiger partial charge in [0.25, 0.3) is 0 Å². The first-order valence-electron chi connectivity index (χ1n) is 51.1. The normalized spacial score (nSPS) is 12.5. The van der Waals surface area contributed by atoms with Crippen molar-refractivity contribution in [3.05, 3.63) is 646 Å². The summed E-state index contributed by atoms with van der Waals surface area (Å²) in [6.45, 7) is 36.8. The van der Waals surface area contributed by atoms with Gasteiger partial charge >= 0.3 is 0 Å². The van der Waals surface area contributed by atoms with Crippen molar-refractivity contribution in [2.75, 3.05) is 0 Å². The summed E-state index contributed by atoms with van der Waals surface area (Å²) in [7, 11) is 0. The molecule has 0 unspecified atom stereocenters. The molecule has 0 spiro atoms. The Kier molecular flexibility index (Phi) is 41.3. The van der Waals surface area contributed by atoms with E-state index in [9.17, 15) is 0 Å². The number of rotatable bonds is 26. The lowest BCUT2D eigenvalue weighted by Crippen LogP contribution is -2.47. The van der Waals surface area contributed by atoms with Gasteiger partial charge in [-0.05, 0) is 161 Å². The van der Waals surface area contributed by atoms with E-state index >= 15 is 0 Å². The average Bonchev–Trinajstić information content (AvgIpc) is 0.718. The van der Waals surface area contributed by atoms with Crippen LogP contribution in [0.5, 0.6) is 0 Å². The van der Waals surface area contributed by atoms with Gasteiger partial charge in [-0.15, -0.1) is 0 Å². The minimum absolute atomic E-state index is 0.0517. The summed E-state index contributed by atoms with van der Waals surface area (Å²) in [5.74, 6) is 3.31. The van der Waals surface area contributed by atoms with Crippen molar-refractivity contribution in [2.45, 2.75) is 204 Å². The summed E-state index contributed by atoms with van der Waals surface area (Å²) < 4.78 is 0. The Morgan fingerprint density at radius 2 is 0.279 bits per heavy atom. The summed E-state index contributed by atoms with van der Waals surface area (Å²) in [4.78, 5) is 0. The van der Waals surface area contributed by atoms with Crippen molar-refractivity contribution in [1.82, 2.24) is 0 Å². The van der Waals surface area contributed by atoms with Gasteiger partial charge < -0.3 is 0 Å². The fourth-order valence-corrected chi connectivity index (χ4v) is 19.7. The van der Waals surface area contributed by atoms with Crippen LogP contribution in [0.4, 0.5) is 0 Å². The second kappa shape index (κ2) is 54.4. The predicted molar refractivity (Wildman–Crippen MR) is 606 cm³/mol. The highest BCUT2D eigenvalue weighted by atomic mass is 14.5. The molecule has 0 nitrogen and oxygen atoms in total. The van der Waals surface area contributed by atoms with Crippen LogP contribution in [0.1, 0.15) is 272 Å². The van der Waals surface area contributed by atoms with E-state index in [1.165, 1.54) is 113 Å². The highest BCUT2D eigenvalue weighted by Gasteiger charge is 2.49. The van der Waals surface area contributed by atoms with Gasteiger partial charge in [-0.3, -0.25) is 0 Å². The molecule has 0 amide bonds. The summed E-state index contributed by atoms with van der Waals surface area (Å²) in [5, 5.41) is 0. The standard InChI is InChI=1S/C28H26.2C22H22.3C16H18.2C10H14/c1-27(23-15-7-3-8-16-23,24-17-9-4-10-18-24)28(2,25-19-11-5-12-20-25)26-21-13-6-14-22-26;2*1-18(19-12-6-3-7-13-19)22(2,20-14-8-4-9-15-20)21-16-10-5-11-17-21;1-13(15-9-5-3-6-10-15)14(2)16-11-7-4-8-12-16;2*1-3-16(2,14-10-6-4-7-11-14)15-12-8-5-9-13-15;2*1-3-9(2)10-7-5-4-6-8-10/h3-22H,1-2H3;2*3-18H,1-2H3;3-14H,1-2H3;2*4-13H,3H2,1-2H3;2*4-9H,3H2,1-2H3/t;2*18-;13-,14+;;;2*9-/m.10...10/s1. The van der Waals surface area contributed by atoms with E-state index in [1.54, 1.807) is 0 Å². The molecule has 140 heavy (non-hydrogen) atoms. The third kappa shape index (κ3) is 27.5. The van der Waals surface area contributed by atoms with Crippen LogP contribution in [0.3, 0.4) is 0 Å². The molecular weight excluding hydrogens is 1680 g/mol. The van der Waals surface area contributed by atoms with Crippen LogP contribution in [-0.4, -0.2) is 0 Å². The second-order valence-electron chi connectivity index (χ2n) is 38.5. The molecule has 0 aromatic heterocycles. The molecule has 0 aliphatic carbocycles. The molecule has 18 rings (SSSR count). The van der Waals surface area contributed by atoms with Crippen molar-refractivity contribution in [3.8, 4) is 0 Å². The topological polar surface area (TPSA) is 0 Å². The summed E-state index contributed by atoms with van der Waals surface area (Å²) in [6.07, 6.45) is 4.68. The van der Waals surface area contributed by atoms with E-state index in [1.807, 2.05) is 0 Å². The van der Waals surface area contributed by atoms with Gasteiger partial charge in [0.15, 0.2) is 0 Å². The fraction of sp³-hybridized carbons (Fsp3) is 0.229. The van der Waals surface area contributed by atoms with Crippen molar-refractivity contribution >= 4 is 0 Å². The Morgan fingerprint density at radius 3 is 0.429 bits per heavy atom. The van der Waals surface area contributed by atoms with Crippen LogP contribution in [0.15, 0.2) is 546 Å². The first-order valence-corrected chi connectivity index (χ1v) is 51.1. The lowest BCUT2D eigenvalue weighted by molar-refractivity contribution is 0.360. The molecule has 0 bridgehead atoms. The summed E-state index contributed by atoms with van der Waals surface area (Å²) in [6, 6.07) is 194. The Balaban J connectivity index is 0.000000156. The molecule has 0 radical (unpaired) electrons. The Morgan fingerprint density at radius 1 is 0.150 bits per heavy atom. The van der Waals surface area contributed by atoms with E-state index in [-0.39, 0.29) is 32.5 Å². The molecule has 0 heteroatoms. The molecule has 712 valence electrons. The predicted octanol–water partition coefficient (Wildman–Crippen LogP) is 38.4. The summed E-state index contributed by atoms with van der Waals surface area (Å²) in [5.41, 5.74) is 24.4. The average molecular weight is 1830 g/mol. The maximum absolute atomic E-state index is 2.39. The van der Waals surface area contributed by atoms with Gasteiger partial charge in [-0.25, -0.2) is 0 Å². The number of benzene rings is 18. The number of hydrogen-bond donors (Lipinski definition) is 0. The molecule has 18 aromatic rings. The van der Waals surface area contributed by atoms with Gasteiger partial charge in [-0.2, -0.15) is 0 Å². The molecule has 0 N–H and O–H groups in total. The zero-order valence-electron chi connectivity index (χ0n) is 86.3. The van der Waals surface area contributed by atoms with E-state index in [0.29, 0.717) is 35.5 Å². The molecule has 0 saturated carbocycles. The lowest BCUT2D eigenvalue weighted by Gasteiger charge is -2.48. The van der Waals surface area contributed by atoms with Gasteiger partial charge in [0.2, 0.25) is 0 Å². The van der Waals surface area contributed by atoms with E-state index in [4.69, 9.17) is 0 Å². The second-order valence-corrected chi connectivity index (χ2v) is 38.5. The maximum atomic E-state index is 2.39. The van der Waals surface area contributed by atoms with Crippen molar-refractivity contribution in [2.24, 2.45) is 0 Å². The van der Waals surface area contributed by atoms with Crippen LogP contribution in [0.2, 0.25) is 0 Å². The minimum Gasteiger partial charge on any atom is -0.0648 e. The van der Waals surface area contributed by atoms with Crippen molar-refractivity contribution < 1.29 is 0 Å². The van der Waals surface area contributed by atoms with Crippen molar-refractivity contribution in [1.29, 1.82) is 0 Å². The zero-order chi connectivity index (χ0) is 99.3. The Bertz CT molecular complexity index is 5660. The Hall–Kier alpha value is -14.0. The van der Waals surface area contributed by atoms with Gasteiger partial charge in [-0.1, -0.05) is 657 Å². The van der Waals surface area contributed by atoms with Crippen LogP contribution in [-0.2, 0) is 32.5 Å². The van der Waals surface area contributed by atoms with Gasteiger partial charge in [0, 0.05) is 32.5 Å². The van der Waals surface area contributed by atoms with Gasteiger partial charge in [0.05, 0.1) is 0 Å². The van der Waals surface area contributed by atoms with E-state index in [0.717, 1.165) is 12.8 Å². The fourth-order valence-electron chi connectivity index (χ4n) is 19.7. The molecule has 0 aliphatic rings. The smallest absolute Gasteiger partial charge is 0.0309 e. The lowest BCUT2D eigenvalue weighted by atomic mass is 9.53. The molecule has 0 saturated heterocycles. The molecule has 0 aliphatic heterocycles. The highest BCUT2D eigenvalue weighted by Crippen LogP contribution is 2.53. The minimum atomic E-state index is -0.252. The van der Waals surface area contributed by atoms with Crippen LogP contribution in [0.25, 0.3) is 0 Å². The zero-order valence-corrected chi connectivity index (χ0v) is 86.3. The van der Waals surface area contributed by atoms with E-state index < -0.39 is 0 Å². The third-order valence-corrected chi connectivity index (χ3v) is 30.7. The Labute approximate surface area is 844 Å². The molecule has 0 fully saturated rings. The summed E-state index contributed by atoms with van der Waals surface area (Å²) >= 11 is 0. The molecule has 18 aromatic carbocycles. The number of hydrogen-bond acceptors (Lipinski definition) is 0. The molecule has 6 atom stereocenters. The van der Waals surface area contributed by atoms with Crippen LogP contribution < -0.4 is 0 Å². The molecule has 0 heterocycles. The first kappa shape index (κ1) is 106. The third-order valence-electron chi connectivity index (χ3n) is 30.7. The molecular formula is C140H152. The van der Waals surface area contributed by atoms with E-state index in [2.05, 4.69) is 657 Å².